The zero-order chi connectivity index (χ0) is 16.1. The molecule has 1 aromatic heterocycles. The summed E-state index contributed by atoms with van der Waals surface area (Å²) in [5.74, 6) is 0.695. The maximum absolute atomic E-state index is 12.3. The Morgan fingerprint density at radius 2 is 1.91 bits per heavy atom. The van der Waals surface area contributed by atoms with E-state index in [2.05, 4.69) is 16.4 Å². The first-order chi connectivity index (χ1) is 11.3. The van der Waals surface area contributed by atoms with Gasteiger partial charge in [0.05, 0.1) is 23.6 Å². The zero-order valence-electron chi connectivity index (χ0n) is 12.3. The molecule has 2 aromatic carbocycles. The van der Waals surface area contributed by atoms with Crippen LogP contribution in [0.1, 0.15) is 12.0 Å². The highest BCUT2D eigenvalue weighted by Crippen LogP contribution is 2.11. The smallest absolute Gasteiger partial charge is 0.277 e. The molecule has 0 radical (unpaired) electrons. The van der Waals surface area contributed by atoms with Crippen LogP contribution >= 0.6 is 0 Å². The molecule has 6 heteroatoms. The summed E-state index contributed by atoms with van der Waals surface area (Å²) < 4.78 is 6.93. The quantitative estimate of drug-likeness (QED) is 0.675. The molecule has 0 spiro atoms. The Kier molecular flexibility index (Phi) is 4.29. The van der Waals surface area contributed by atoms with Crippen molar-refractivity contribution in [1.82, 2.24) is 15.0 Å². The van der Waals surface area contributed by atoms with Crippen molar-refractivity contribution in [3.63, 3.8) is 0 Å². The third-order valence-electron chi connectivity index (χ3n) is 3.40. The fraction of sp³-hybridized carbons (Fsp3) is 0.176. The molecule has 0 aliphatic heterocycles. The van der Waals surface area contributed by atoms with Gasteiger partial charge in [0.25, 0.3) is 5.56 Å². The number of nitrogens with zero attached hydrogens (tertiary/aromatic N) is 4. The number of fused-ring (bicyclic) bond motifs is 1. The van der Waals surface area contributed by atoms with Gasteiger partial charge in [-0.2, -0.15) is 5.26 Å². The molecule has 0 N–H and O–H groups in total. The first kappa shape index (κ1) is 14.7. The van der Waals surface area contributed by atoms with Gasteiger partial charge < -0.3 is 4.74 Å². The number of rotatable bonds is 5. The van der Waals surface area contributed by atoms with Gasteiger partial charge in [0.15, 0.2) is 0 Å². The second-order valence-corrected chi connectivity index (χ2v) is 4.97. The minimum atomic E-state index is -0.144. The number of hydrogen-bond acceptors (Lipinski definition) is 5. The van der Waals surface area contributed by atoms with E-state index in [0.717, 1.165) is 0 Å². The Labute approximate surface area is 132 Å². The lowest BCUT2D eigenvalue weighted by Gasteiger charge is -2.07. The maximum Gasteiger partial charge on any atom is 0.277 e. The summed E-state index contributed by atoms with van der Waals surface area (Å²) in [6.07, 6.45) is 0.632. The number of hydrogen-bond donors (Lipinski definition) is 0. The van der Waals surface area contributed by atoms with Crippen LogP contribution in [-0.2, 0) is 6.54 Å². The lowest BCUT2D eigenvalue weighted by atomic mass is 10.2. The van der Waals surface area contributed by atoms with Crippen molar-refractivity contribution in [2.45, 2.75) is 13.0 Å². The Bertz CT molecular complexity index is 910. The lowest BCUT2D eigenvalue weighted by molar-refractivity contribution is 0.296. The van der Waals surface area contributed by atoms with Crippen molar-refractivity contribution in [3.05, 3.63) is 64.4 Å². The fourth-order valence-electron chi connectivity index (χ4n) is 2.20. The number of nitriles is 1. The number of benzene rings is 2. The van der Waals surface area contributed by atoms with Crippen LogP contribution in [0, 0.1) is 11.3 Å². The predicted octanol–water partition coefficient (Wildman–Crippen LogP) is 2.13. The fourth-order valence-corrected chi connectivity index (χ4v) is 2.20. The van der Waals surface area contributed by atoms with Crippen LogP contribution in [0.2, 0.25) is 0 Å². The largest absolute Gasteiger partial charge is 0.494 e. The third kappa shape index (κ3) is 3.35. The molecule has 23 heavy (non-hydrogen) atoms. The Morgan fingerprint density at radius 1 is 1.13 bits per heavy atom. The summed E-state index contributed by atoms with van der Waals surface area (Å²) in [7, 11) is 0. The van der Waals surface area contributed by atoms with E-state index in [9.17, 15) is 4.79 Å². The molecule has 0 bridgehead atoms. The van der Waals surface area contributed by atoms with E-state index < -0.39 is 0 Å². The van der Waals surface area contributed by atoms with Gasteiger partial charge in [0.2, 0.25) is 0 Å². The molecule has 0 aliphatic rings. The number of ether oxygens (including phenoxy) is 1. The van der Waals surface area contributed by atoms with Crippen molar-refractivity contribution < 1.29 is 4.74 Å². The first-order valence-electron chi connectivity index (χ1n) is 7.23. The highest BCUT2D eigenvalue weighted by Gasteiger charge is 2.04. The van der Waals surface area contributed by atoms with Crippen LogP contribution in [-0.4, -0.2) is 21.6 Å². The van der Waals surface area contributed by atoms with E-state index in [-0.39, 0.29) is 5.56 Å². The molecule has 0 unspecified atom stereocenters. The van der Waals surface area contributed by atoms with Gasteiger partial charge in [-0.15, -0.1) is 5.10 Å². The standard InChI is InChI=1S/C17H14N4O2/c18-12-13-6-8-14(9-7-13)23-11-3-10-21-17(22)15-4-1-2-5-16(15)19-20-21/h1-2,4-9H,3,10-11H2. The molecular weight excluding hydrogens is 292 g/mol. The predicted molar refractivity (Wildman–Crippen MR) is 85.1 cm³/mol. The highest BCUT2D eigenvalue weighted by atomic mass is 16.5. The minimum absolute atomic E-state index is 0.144. The van der Waals surface area contributed by atoms with Crippen molar-refractivity contribution in [3.8, 4) is 11.8 Å². The van der Waals surface area contributed by atoms with Gasteiger partial charge in [-0.3, -0.25) is 4.79 Å². The van der Waals surface area contributed by atoms with E-state index in [0.29, 0.717) is 41.8 Å². The summed E-state index contributed by atoms with van der Waals surface area (Å²) in [5.41, 5.74) is 1.05. The molecule has 0 saturated carbocycles. The number of aryl methyl sites for hydroxylation is 1. The van der Waals surface area contributed by atoms with Gasteiger partial charge >= 0.3 is 0 Å². The van der Waals surface area contributed by atoms with Gasteiger partial charge in [0.1, 0.15) is 11.3 Å². The Balaban J connectivity index is 1.59. The van der Waals surface area contributed by atoms with Crippen molar-refractivity contribution in [1.29, 1.82) is 5.26 Å². The molecule has 0 fully saturated rings. The molecule has 114 valence electrons. The lowest BCUT2D eigenvalue weighted by Crippen LogP contribution is -2.25. The molecular formula is C17H14N4O2. The molecule has 3 aromatic rings. The molecule has 3 rings (SSSR count). The summed E-state index contributed by atoms with van der Waals surface area (Å²) in [4.78, 5) is 12.3. The molecule has 1 heterocycles. The van der Waals surface area contributed by atoms with Crippen LogP contribution in [0.15, 0.2) is 53.3 Å². The van der Waals surface area contributed by atoms with Crippen LogP contribution in [0.3, 0.4) is 0 Å². The molecule has 0 saturated heterocycles. The molecule has 0 atom stereocenters. The average molecular weight is 306 g/mol. The highest BCUT2D eigenvalue weighted by molar-refractivity contribution is 5.76. The van der Waals surface area contributed by atoms with Crippen LogP contribution in [0.25, 0.3) is 10.9 Å². The van der Waals surface area contributed by atoms with Crippen LogP contribution < -0.4 is 10.3 Å². The molecule has 6 nitrogen and oxygen atoms in total. The summed E-state index contributed by atoms with van der Waals surface area (Å²) in [6, 6.07) is 16.1. The van der Waals surface area contributed by atoms with E-state index in [4.69, 9.17) is 10.00 Å². The van der Waals surface area contributed by atoms with E-state index in [1.165, 1.54) is 4.68 Å². The second-order valence-electron chi connectivity index (χ2n) is 4.97. The van der Waals surface area contributed by atoms with E-state index in [1.807, 2.05) is 12.1 Å². The average Bonchev–Trinajstić information content (AvgIpc) is 2.61. The van der Waals surface area contributed by atoms with Crippen molar-refractivity contribution in [2.24, 2.45) is 0 Å². The van der Waals surface area contributed by atoms with Crippen LogP contribution in [0.4, 0.5) is 0 Å². The SMILES string of the molecule is N#Cc1ccc(OCCCn2nnc3ccccc3c2=O)cc1. The minimum Gasteiger partial charge on any atom is -0.494 e. The third-order valence-corrected chi connectivity index (χ3v) is 3.40. The van der Waals surface area contributed by atoms with E-state index >= 15 is 0 Å². The van der Waals surface area contributed by atoms with Crippen LogP contribution in [0.5, 0.6) is 5.75 Å². The summed E-state index contributed by atoms with van der Waals surface area (Å²) in [5, 5.41) is 17.3. The van der Waals surface area contributed by atoms with E-state index in [1.54, 1.807) is 36.4 Å². The van der Waals surface area contributed by atoms with Gasteiger partial charge in [0, 0.05) is 13.0 Å². The molecule has 0 amide bonds. The normalized spacial score (nSPS) is 10.4. The maximum atomic E-state index is 12.3. The summed E-state index contributed by atoms with van der Waals surface area (Å²) >= 11 is 0. The molecule has 0 aliphatic carbocycles. The van der Waals surface area contributed by atoms with Gasteiger partial charge in [-0.25, -0.2) is 4.68 Å². The topological polar surface area (TPSA) is 80.8 Å². The van der Waals surface area contributed by atoms with Gasteiger partial charge in [-0.05, 0) is 36.4 Å². The van der Waals surface area contributed by atoms with Gasteiger partial charge in [-0.1, -0.05) is 17.3 Å². The zero-order valence-corrected chi connectivity index (χ0v) is 12.3. The first-order valence-corrected chi connectivity index (χ1v) is 7.23. The van der Waals surface area contributed by atoms with Crippen molar-refractivity contribution >= 4 is 10.9 Å². The van der Waals surface area contributed by atoms with Crippen molar-refractivity contribution in [2.75, 3.05) is 6.61 Å². The number of aromatic nitrogens is 3. The summed E-state index contributed by atoms with van der Waals surface area (Å²) in [6.45, 7) is 0.889. The second kappa shape index (κ2) is 6.71. The Hall–Kier alpha value is -3.20. The monoisotopic (exact) mass is 306 g/mol. The Morgan fingerprint density at radius 3 is 2.70 bits per heavy atom.